The third-order valence-corrected chi connectivity index (χ3v) is 5.87. The van der Waals surface area contributed by atoms with Gasteiger partial charge in [0.1, 0.15) is 5.82 Å². The summed E-state index contributed by atoms with van der Waals surface area (Å²) >= 11 is 0. The third-order valence-electron chi connectivity index (χ3n) is 5.87. The van der Waals surface area contributed by atoms with Gasteiger partial charge in [0.15, 0.2) is 0 Å². The van der Waals surface area contributed by atoms with Gasteiger partial charge in [-0.25, -0.2) is 9.37 Å². The summed E-state index contributed by atoms with van der Waals surface area (Å²) in [6, 6.07) is 12.2. The van der Waals surface area contributed by atoms with E-state index in [-0.39, 0.29) is 17.8 Å². The van der Waals surface area contributed by atoms with Crippen molar-refractivity contribution in [3.63, 3.8) is 0 Å². The zero-order valence-electron chi connectivity index (χ0n) is 16.6. The Bertz CT molecular complexity index is 1200. The predicted molar refractivity (Wildman–Crippen MR) is 112 cm³/mol. The number of halogens is 1. The average Bonchev–Trinajstić information content (AvgIpc) is 3.48. The Morgan fingerprint density at radius 1 is 1.27 bits per heavy atom. The fraction of sp³-hybridized carbons (Fsp3) is 0.261. The van der Waals surface area contributed by atoms with Gasteiger partial charge in [0.25, 0.3) is 5.91 Å². The maximum Gasteiger partial charge on any atom is 0.254 e. The molecule has 1 fully saturated rings. The minimum absolute atomic E-state index is 0.103. The number of pyridine rings is 1. The minimum Gasteiger partial charge on any atom is -0.346 e. The van der Waals surface area contributed by atoms with Gasteiger partial charge >= 0.3 is 0 Å². The summed E-state index contributed by atoms with van der Waals surface area (Å²) in [5.74, 6) is -0.153. The number of benzene rings is 1. The first-order valence-corrected chi connectivity index (χ1v) is 10.1. The Morgan fingerprint density at radius 3 is 2.97 bits per heavy atom. The van der Waals surface area contributed by atoms with Crippen LogP contribution in [0.15, 0.2) is 61.1 Å². The summed E-state index contributed by atoms with van der Waals surface area (Å²) in [5, 5.41) is 6.80. The van der Waals surface area contributed by atoms with Crippen molar-refractivity contribution >= 4 is 16.9 Å². The van der Waals surface area contributed by atoms with Crippen molar-refractivity contribution in [1.82, 2.24) is 24.6 Å². The highest BCUT2D eigenvalue weighted by Gasteiger charge is 2.33. The first kappa shape index (κ1) is 18.5. The molecule has 30 heavy (non-hydrogen) atoms. The summed E-state index contributed by atoms with van der Waals surface area (Å²) in [6.07, 6.45) is 6.56. The van der Waals surface area contributed by atoms with Crippen molar-refractivity contribution in [3.8, 4) is 11.3 Å². The van der Waals surface area contributed by atoms with Crippen LogP contribution in [0.4, 0.5) is 4.39 Å². The summed E-state index contributed by atoms with van der Waals surface area (Å²) < 4.78 is 15.7. The summed E-state index contributed by atoms with van der Waals surface area (Å²) in [4.78, 5) is 19.5. The molecule has 0 unspecified atom stereocenters. The third kappa shape index (κ3) is 3.36. The van der Waals surface area contributed by atoms with Gasteiger partial charge < -0.3 is 9.47 Å². The molecule has 1 aliphatic heterocycles. The van der Waals surface area contributed by atoms with Crippen LogP contribution in [0.1, 0.15) is 23.7 Å². The largest absolute Gasteiger partial charge is 0.346 e. The number of H-pyrrole nitrogens is 1. The second-order valence-electron chi connectivity index (χ2n) is 7.97. The number of carbonyl (C=O) groups excluding carboxylic acids is 1. The molecule has 1 aromatic carbocycles. The molecule has 1 aliphatic rings. The normalized spacial score (nSPS) is 18.9. The van der Waals surface area contributed by atoms with Crippen molar-refractivity contribution in [2.24, 2.45) is 5.92 Å². The lowest BCUT2D eigenvalue weighted by molar-refractivity contribution is 0.0741. The van der Waals surface area contributed by atoms with E-state index in [0.717, 1.165) is 35.3 Å². The fourth-order valence-corrected chi connectivity index (χ4v) is 4.41. The number of fused-ring (bicyclic) bond motifs is 1. The van der Waals surface area contributed by atoms with Crippen molar-refractivity contribution in [2.45, 2.75) is 25.9 Å². The first-order valence-electron chi connectivity index (χ1n) is 10.1. The number of aromatic nitrogens is 4. The second-order valence-corrected chi connectivity index (χ2v) is 7.97. The van der Waals surface area contributed by atoms with Gasteiger partial charge in [-0.15, -0.1) is 0 Å². The van der Waals surface area contributed by atoms with Gasteiger partial charge in [-0.1, -0.05) is 6.07 Å². The maximum atomic E-state index is 13.5. The van der Waals surface area contributed by atoms with E-state index in [1.54, 1.807) is 18.3 Å². The van der Waals surface area contributed by atoms with Gasteiger partial charge in [-0.2, -0.15) is 5.10 Å². The van der Waals surface area contributed by atoms with Crippen molar-refractivity contribution in [2.75, 3.05) is 6.54 Å². The van der Waals surface area contributed by atoms with Gasteiger partial charge in [-0.3, -0.25) is 9.89 Å². The SMILES string of the molecule is C[C@H]1C[C@@H](Cn2ccc3nc(-c4cn[nH]c4)ccc32)CN1C(=O)c1cccc(F)c1. The molecule has 1 N–H and O–H groups in total. The van der Waals surface area contributed by atoms with Crippen LogP contribution in [0.5, 0.6) is 0 Å². The lowest BCUT2D eigenvalue weighted by Crippen LogP contribution is -2.34. The quantitative estimate of drug-likeness (QED) is 0.557. The minimum atomic E-state index is -0.384. The number of likely N-dealkylation sites (tertiary alicyclic amines) is 1. The maximum absolute atomic E-state index is 13.5. The van der Waals surface area contributed by atoms with E-state index in [1.807, 2.05) is 23.2 Å². The molecule has 2 atom stereocenters. The molecular weight excluding hydrogens is 381 g/mol. The molecule has 3 aromatic heterocycles. The Labute approximate surface area is 173 Å². The number of nitrogens with one attached hydrogen (secondary N) is 1. The average molecular weight is 403 g/mol. The second kappa shape index (κ2) is 7.40. The molecule has 1 saturated heterocycles. The van der Waals surface area contributed by atoms with Crippen molar-refractivity contribution in [1.29, 1.82) is 0 Å². The van der Waals surface area contributed by atoms with Gasteiger partial charge in [0.2, 0.25) is 0 Å². The van der Waals surface area contributed by atoms with Crippen LogP contribution in [0.25, 0.3) is 22.3 Å². The molecular formula is C23H22FN5O. The Hall–Kier alpha value is -3.48. The fourth-order valence-electron chi connectivity index (χ4n) is 4.41. The molecule has 0 bridgehead atoms. The Morgan fingerprint density at radius 2 is 2.17 bits per heavy atom. The summed E-state index contributed by atoms with van der Waals surface area (Å²) in [6.45, 7) is 3.54. The number of carbonyl (C=O) groups is 1. The zero-order chi connectivity index (χ0) is 20.7. The number of hydrogen-bond acceptors (Lipinski definition) is 3. The highest BCUT2D eigenvalue weighted by molar-refractivity contribution is 5.94. The van der Waals surface area contributed by atoms with Crippen LogP contribution >= 0.6 is 0 Å². The molecule has 1 amide bonds. The van der Waals surface area contributed by atoms with E-state index in [1.165, 1.54) is 12.1 Å². The van der Waals surface area contributed by atoms with E-state index >= 15 is 0 Å². The Balaban J connectivity index is 1.33. The number of aromatic amines is 1. The van der Waals surface area contributed by atoms with Gasteiger partial charge in [0.05, 0.1) is 22.9 Å². The van der Waals surface area contributed by atoms with Crippen LogP contribution in [-0.2, 0) is 6.54 Å². The molecule has 5 rings (SSSR count). The van der Waals surface area contributed by atoms with Crippen molar-refractivity contribution in [3.05, 3.63) is 72.4 Å². The number of amides is 1. The lowest BCUT2D eigenvalue weighted by Gasteiger charge is -2.21. The number of rotatable bonds is 4. The smallest absolute Gasteiger partial charge is 0.254 e. The molecule has 0 radical (unpaired) electrons. The summed E-state index contributed by atoms with van der Waals surface area (Å²) in [7, 11) is 0. The molecule has 7 heteroatoms. The molecule has 152 valence electrons. The van der Waals surface area contributed by atoms with Crippen LogP contribution in [-0.4, -0.2) is 43.1 Å². The predicted octanol–water partition coefficient (Wildman–Crippen LogP) is 4.12. The molecule has 4 heterocycles. The number of hydrogen-bond donors (Lipinski definition) is 1. The highest BCUT2D eigenvalue weighted by atomic mass is 19.1. The molecule has 0 spiro atoms. The van der Waals surface area contributed by atoms with E-state index in [4.69, 9.17) is 4.98 Å². The van der Waals surface area contributed by atoms with E-state index < -0.39 is 0 Å². The van der Waals surface area contributed by atoms with Gasteiger partial charge in [-0.05, 0) is 55.7 Å². The van der Waals surface area contributed by atoms with E-state index in [9.17, 15) is 9.18 Å². The Kier molecular flexibility index (Phi) is 4.58. The van der Waals surface area contributed by atoms with Crippen LogP contribution in [0.3, 0.4) is 0 Å². The zero-order valence-corrected chi connectivity index (χ0v) is 16.6. The summed E-state index contributed by atoms with van der Waals surface area (Å²) in [5.41, 5.74) is 4.26. The molecule has 4 aromatic rings. The van der Waals surface area contributed by atoms with Gasteiger partial charge in [0, 0.05) is 42.7 Å². The molecule has 0 saturated carbocycles. The molecule has 6 nitrogen and oxygen atoms in total. The van der Waals surface area contributed by atoms with Crippen molar-refractivity contribution < 1.29 is 9.18 Å². The topological polar surface area (TPSA) is 66.8 Å². The molecule has 0 aliphatic carbocycles. The number of nitrogens with zero attached hydrogens (tertiary/aromatic N) is 4. The monoisotopic (exact) mass is 403 g/mol. The van der Waals surface area contributed by atoms with Crippen LogP contribution in [0, 0.1) is 11.7 Å². The first-order chi connectivity index (χ1) is 14.6. The van der Waals surface area contributed by atoms with E-state index in [2.05, 4.69) is 34.0 Å². The highest BCUT2D eigenvalue weighted by Crippen LogP contribution is 2.28. The van der Waals surface area contributed by atoms with Crippen LogP contribution < -0.4 is 0 Å². The standard InChI is InChI=1S/C23H22FN5O/c1-15-9-16(14-29(15)23(30)17-3-2-4-19(24)10-17)13-28-8-7-21-22(28)6-5-20(27-21)18-11-25-26-12-18/h2-8,10-12,15-16H,9,13-14H2,1H3,(H,25,26)/t15-,16-/m0/s1. The van der Waals surface area contributed by atoms with Crippen LogP contribution in [0.2, 0.25) is 0 Å². The van der Waals surface area contributed by atoms with E-state index in [0.29, 0.717) is 18.0 Å². The lowest BCUT2D eigenvalue weighted by atomic mass is 10.1.